The zero-order valence-electron chi connectivity index (χ0n) is 12.0. The highest BCUT2D eigenvalue weighted by atomic mass is 16.3. The van der Waals surface area contributed by atoms with Crippen molar-refractivity contribution >= 4 is 0 Å². The maximum atomic E-state index is 9.23. The van der Waals surface area contributed by atoms with Gasteiger partial charge < -0.3 is 10.0 Å². The predicted molar refractivity (Wildman–Crippen MR) is 75.8 cm³/mol. The SMILES string of the molecule is CC(O)CCCCN1CCN(C2CCCC2)CC1. The van der Waals surface area contributed by atoms with E-state index in [2.05, 4.69) is 9.80 Å². The number of rotatable bonds is 6. The second kappa shape index (κ2) is 7.46. The van der Waals surface area contributed by atoms with E-state index in [-0.39, 0.29) is 6.10 Å². The fraction of sp³-hybridized carbons (Fsp3) is 1.00. The van der Waals surface area contributed by atoms with Gasteiger partial charge in [0, 0.05) is 32.2 Å². The molecule has 0 bridgehead atoms. The van der Waals surface area contributed by atoms with Gasteiger partial charge in [0.2, 0.25) is 0 Å². The number of hydrogen-bond donors (Lipinski definition) is 1. The molecule has 1 atom stereocenters. The van der Waals surface area contributed by atoms with E-state index in [9.17, 15) is 5.11 Å². The first kappa shape index (κ1) is 14.3. The summed E-state index contributed by atoms with van der Waals surface area (Å²) in [5.74, 6) is 0. The maximum Gasteiger partial charge on any atom is 0.0512 e. The molecule has 0 radical (unpaired) electrons. The molecule has 2 aliphatic rings. The van der Waals surface area contributed by atoms with Crippen LogP contribution in [0.1, 0.15) is 51.9 Å². The Hall–Kier alpha value is -0.120. The summed E-state index contributed by atoms with van der Waals surface area (Å²) in [5.41, 5.74) is 0. The molecule has 0 aromatic heterocycles. The number of nitrogens with zero attached hydrogens (tertiary/aromatic N) is 2. The van der Waals surface area contributed by atoms with Crippen LogP contribution in [0.25, 0.3) is 0 Å². The molecule has 1 unspecified atom stereocenters. The van der Waals surface area contributed by atoms with Crippen molar-refractivity contribution in [2.24, 2.45) is 0 Å². The Balaban J connectivity index is 1.55. The van der Waals surface area contributed by atoms with Crippen molar-refractivity contribution < 1.29 is 5.11 Å². The van der Waals surface area contributed by atoms with Gasteiger partial charge in [-0.3, -0.25) is 4.90 Å². The lowest BCUT2D eigenvalue weighted by atomic mass is 10.1. The van der Waals surface area contributed by atoms with Gasteiger partial charge in [-0.15, -0.1) is 0 Å². The van der Waals surface area contributed by atoms with Crippen molar-refractivity contribution in [2.45, 2.75) is 64.0 Å². The molecule has 1 saturated carbocycles. The molecule has 1 N–H and O–H groups in total. The summed E-state index contributed by atoms with van der Waals surface area (Å²) in [6.07, 6.45) is 9.03. The van der Waals surface area contributed by atoms with Crippen molar-refractivity contribution in [1.29, 1.82) is 0 Å². The van der Waals surface area contributed by atoms with Gasteiger partial charge in [0.05, 0.1) is 6.10 Å². The number of aliphatic hydroxyl groups is 1. The molecule has 0 amide bonds. The van der Waals surface area contributed by atoms with Crippen molar-refractivity contribution in [3.63, 3.8) is 0 Å². The molecule has 2 fully saturated rings. The summed E-state index contributed by atoms with van der Waals surface area (Å²) < 4.78 is 0. The van der Waals surface area contributed by atoms with Crippen LogP contribution in [0.2, 0.25) is 0 Å². The van der Waals surface area contributed by atoms with E-state index in [1.54, 1.807) is 0 Å². The van der Waals surface area contributed by atoms with Gasteiger partial charge in [0.1, 0.15) is 0 Å². The van der Waals surface area contributed by atoms with Crippen LogP contribution >= 0.6 is 0 Å². The summed E-state index contributed by atoms with van der Waals surface area (Å²) in [7, 11) is 0. The Labute approximate surface area is 112 Å². The highest BCUT2D eigenvalue weighted by Crippen LogP contribution is 2.24. The second-order valence-electron chi connectivity index (χ2n) is 6.16. The fourth-order valence-electron chi connectivity index (χ4n) is 3.40. The average Bonchev–Trinajstić information content (AvgIpc) is 2.89. The smallest absolute Gasteiger partial charge is 0.0512 e. The van der Waals surface area contributed by atoms with Crippen LogP contribution in [0.3, 0.4) is 0 Å². The lowest BCUT2D eigenvalue weighted by Crippen LogP contribution is -2.49. The highest BCUT2D eigenvalue weighted by molar-refractivity contribution is 4.81. The molecule has 1 aliphatic heterocycles. The normalized spacial score (nSPS) is 25.7. The molecule has 0 spiro atoms. The third kappa shape index (κ3) is 4.52. The van der Waals surface area contributed by atoms with Crippen molar-refractivity contribution in [3.05, 3.63) is 0 Å². The Bertz CT molecular complexity index is 219. The molecular weight excluding hydrogens is 224 g/mol. The number of unbranched alkanes of at least 4 members (excludes halogenated alkanes) is 1. The fourth-order valence-corrected chi connectivity index (χ4v) is 3.40. The first-order valence-corrected chi connectivity index (χ1v) is 7.90. The summed E-state index contributed by atoms with van der Waals surface area (Å²) in [5, 5.41) is 9.23. The van der Waals surface area contributed by atoms with E-state index in [0.29, 0.717) is 0 Å². The molecule has 1 aliphatic carbocycles. The van der Waals surface area contributed by atoms with Crippen molar-refractivity contribution in [2.75, 3.05) is 32.7 Å². The Morgan fingerprint density at radius 3 is 2.33 bits per heavy atom. The molecule has 3 heteroatoms. The van der Waals surface area contributed by atoms with Gasteiger partial charge in [-0.05, 0) is 45.6 Å². The monoisotopic (exact) mass is 254 g/mol. The van der Waals surface area contributed by atoms with Gasteiger partial charge in [-0.2, -0.15) is 0 Å². The zero-order valence-corrected chi connectivity index (χ0v) is 12.0. The van der Waals surface area contributed by atoms with Crippen molar-refractivity contribution in [3.8, 4) is 0 Å². The Morgan fingerprint density at radius 1 is 1.06 bits per heavy atom. The molecule has 106 valence electrons. The van der Waals surface area contributed by atoms with Crippen LogP contribution in [0.5, 0.6) is 0 Å². The molecule has 1 saturated heterocycles. The number of piperazine rings is 1. The number of aliphatic hydroxyl groups excluding tert-OH is 1. The Kier molecular flexibility index (Phi) is 5.93. The first-order valence-electron chi connectivity index (χ1n) is 7.90. The lowest BCUT2D eigenvalue weighted by Gasteiger charge is -2.38. The zero-order chi connectivity index (χ0) is 12.8. The van der Waals surface area contributed by atoms with Crippen LogP contribution in [0.15, 0.2) is 0 Å². The number of hydrogen-bond acceptors (Lipinski definition) is 3. The van der Waals surface area contributed by atoms with Crippen molar-refractivity contribution in [1.82, 2.24) is 9.80 Å². The van der Waals surface area contributed by atoms with Gasteiger partial charge in [-0.1, -0.05) is 12.8 Å². The summed E-state index contributed by atoms with van der Waals surface area (Å²) >= 11 is 0. The standard InChI is InChI=1S/C15H30N2O/c1-14(18)6-4-5-9-16-10-12-17(13-11-16)15-7-2-3-8-15/h14-15,18H,2-13H2,1H3. The Morgan fingerprint density at radius 2 is 1.72 bits per heavy atom. The topological polar surface area (TPSA) is 26.7 Å². The van der Waals surface area contributed by atoms with Crippen LogP contribution in [0, 0.1) is 0 Å². The lowest BCUT2D eigenvalue weighted by molar-refractivity contribution is 0.0955. The molecular formula is C15H30N2O. The van der Waals surface area contributed by atoms with Gasteiger partial charge >= 0.3 is 0 Å². The minimum absolute atomic E-state index is 0.121. The minimum Gasteiger partial charge on any atom is -0.393 e. The second-order valence-corrected chi connectivity index (χ2v) is 6.16. The van der Waals surface area contributed by atoms with E-state index in [0.717, 1.165) is 12.5 Å². The molecule has 0 aromatic carbocycles. The van der Waals surface area contributed by atoms with Gasteiger partial charge in [0.15, 0.2) is 0 Å². The van der Waals surface area contributed by atoms with E-state index < -0.39 is 0 Å². The predicted octanol–water partition coefficient (Wildman–Crippen LogP) is 2.10. The van der Waals surface area contributed by atoms with E-state index in [4.69, 9.17) is 0 Å². The van der Waals surface area contributed by atoms with Gasteiger partial charge in [0.25, 0.3) is 0 Å². The third-order valence-electron chi connectivity index (χ3n) is 4.59. The summed E-state index contributed by atoms with van der Waals surface area (Å²) in [6, 6.07) is 0.905. The van der Waals surface area contributed by atoms with Crippen LogP contribution in [0.4, 0.5) is 0 Å². The molecule has 2 rings (SSSR count). The van der Waals surface area contributed by atoms with Crippen LogP contribution < -0.4 is 0 Å². The van der Waals surface area contributed by atoms with Crippen LogP contribution in [-0.2, 0) is 0 Å². The molecule has 0 aromatic rings. The largest absolute Gasteiger partial charge is 0.393 e. The molecule has 1 heterocycles. The summed E-state index contributed by atoms with van der Waals surface area (Å²) in [4.78, 5) is 5.33. The van der Waals surface area contributed by atoms with E-state index in [1.807, 2.05) is 6.92 Å². The molecule has 3 nitrogen and oxygen atoms in total. The highest BCUT2D eigenvalue weighted by Gasteiger charge is 2.25. The van der Waals surface area contributed by atoms with Gasteiger partial charge in [-0.25, -0.2) is 0 Å². The maximum absolute atomic E-state index is 9.23. The third-order valence-corrected chi connectivity index (χ3v) is 4.59. The van der Waals surface area contributed by atoms with Crippen LogP contribution in [-0.4, -0.2) is 59.8 Å². The first-order chi connectivity index (χ1) is 8.75. The van der Waals surface area contributed by atoms with E-state index >= 15 is 0 Å². The molecule has 18 heavy (non-hydrogen) atoms. The quantitative estimate of drug-likeness (QED) is 0.735. The average molecular weight is 254 g/mol. The summed E-state index contributed by atoms with van der Waals surface area (Å²) in [6.45, 7) is 8.18. The van der Waals surface area contributed by atoms with E-state index in [1.165, 1.54) is 71.2 Å². The minimum atomic E-state index is -0.121.